The van der Waals surface area contributed by atoms with Crippen LogP contribution in [0.4, 0.5) is 5.69 Å². The van der Waals surface area contributed by atoms with Crippen LogP contribution in [0.2, 0.25) is 0 Å². The lowest BCUT2D eigenvalue weighted by Gasteiger charge is -2.35. The molecule has 0 aliphatic carbocycles. The van der Waals surface area contributed by atoms with Gasteiger partial charge in [-0.25, -0.2) is 0 Å². The largest absolute Gasteiger partial charge is 0.391 e. The Bertz CT molecular complexity index is 407. The molecule has 2 heterocycles. The van der Waals surface area contributed by atoms with Crippen molar-refractivity contribution in [3.05, 3.63) is 24.0 Å². The van der Waals surface area contributed by atoms with E-state index in [1.54, 1.807) is 0 Å². The number of rotatable bonds is 5. The number of β-amino-alcohol motifs (C(OH)–C–C–N with tert-alkyl or cyclic N) is 1. The van der Waals surface area contributed by atoms with Crippen molar-refractivity contribution < 1.29 is 5.11 Å². The van der Waals surface area contributed by atoms with Crippen LogP contribution in [0, 0.1) is 5.92 Å². The minimum absolute atomic E-state index is 0.228. The van der Waals surface area contributed by atoms with Gasteiger partial charge >= 0.3 is 0 Å². The Hall–Kier alpha value is -1.13. The molecule has 20 heavy (non-hydrogen) atoms. The van der Waals surface area contributed by atoms with Crippen molar-refractivity contribution in [1.29, 1.82) is 0 Å². The zero-order valence-electron chi connectivity index (χ0n) is 12.8. The molecule has 4 nitrogen and oxygen atoms in total. The third kappa shape index (κ3) is 3.49. The molecule has 0 radical (unpaired) electrons. The molecule has 1 aromatic rings. The van der Waals surface area contributed by atoms with Crippen LogP contribution in [0.15, 0.2) is 18.3 Å². The Kier molecular flexibility index (Phi) is 5.38. The van der Waals surface area contributed by atoms with E-state index in [1.807, 2.05) is 6.20 Å². The number of nitrogens with one attached hydrogen (secondary N) is 1. The van der Waals surface area contributed by atoms with Crippen molar-refractivity contribution in [3.8, 4) is 0 Å². The zero-order valence-corrected chi connectivity index (χ0v) is 12.8. The van der Waals surface area contributed by atoms with E-state index in [0.29, 0.717) is 18.5 Å². The molecule has 1 fully saturated rings. The second-order valence-electron chi connectivity index (χ2n) is 5.74. The average Bonchev–Trinajstić information content (AvgIpc) is 2.48. The summed E-state index contributed by atoms with van der Waals surface area (Å²) in [6.07, 6.45) is 3.80. The molecule has 2 N–H and O–H groups in total. The number of hydrogen-bond donors (Lipinski definition) is 2. The van der Waals surface area contributed by atoms with Crippen molar-refractivity contribution in [2.24, 2.45) is 5.92 Å². The lowest BCUT2D eigenvalue weighted by molar-refractivity contribution is 0.103. The van der Waals surface area contributed by atoms with E-state index in [-0.39, 0.29) is 6.10 Å². The van der Waals surface area contributed by atoms with E-state index in [2.05, 4.69) is 48.1 Å². The normalized spacial score (nSPS) is 24.7. The maximum atomic E-state index is 9.99. The fourth-order valence-electron chi connectivity index (χ4n) is 2.78. The van der Waals surface area contributed by atoms with E-state index in [9.17, 15) is 5.11 Å². The first-order valence-corrected chi connectivity index (χ1v) is 7.78. The van der Waals surface area contributed by atoms with Crippen LogP contribution in [0.1, 0.15) is 45.3 Å². The minimum Gasteiger partial charge on any atom is -0.391 e. The number of pyridine rings is 1. The summed E-state index contributed by atoms with van der Waals surface area (Å²) >= 11 is 0. The fraction of sp³-hybridized carbons (Fsp3) is 0.688. The second-order valence-corrected chi connectivity index (χ2v) is 5.74. The first-order chi connectivity index (χ1) is 9.65. The van der Waals surface area contributed by atoms with Gasteiger partial charge in [-0.05, 0) is 37.4 Å². The highest BCUT2D eigenvalue weighted by molar-refractivity contribution is 5.45. The van der Waals surface area contributed by atoms with Crippen molar-refractivity contribution in [3.63, 3.8) is 0 Å². The van der Waals surface area contributed by atoms with Gasteiger partial charge in [0.2, 0.25) is 0 Å². The number of piperidine rings is 1. The molecule has 4 heteroatoms. The molecule has 0 saturated carbocycles. The van der Waals surface area contributed by atoms with Gasteiger partial charge in [-0.2, -0.15) is 0 Å². The first-order valence-electron chi connectivity index (χ1n) is 7.78. The molecule has 0 aromatic carbocycles. The molecule has 1 saturated heterocycles. The van der Waals surface area contributed by atoms with Crippen molar-refractivity contribution in [2.75, 3.05) is 24.5 Å². The van der Waals surface area contributed by atoms with Crippen LogP contribution in [0.3, 0.4) is 0 Å². The highest BCUT2D eigenvalue weighted by Crippen LogP contribution is 2.24. The summed E-state index contributed by atoms with van der Waals surface area (Å²) in [5, 5.41) is 13.4. The molecular weight excluding hydrogens is 250 g/mol. The van der Waals surface area contributed by atoms with Gasteiger partial charge in [0.25, 0.3) is 0 Å². The average molecular weight is 277 g/mol. The fourth-order valence-corrected chi connectivity index (χ4v) is 2.78. The summed E-state index contributed by atoms with van der Waals surface area (Å²) in [6.45, 7) is 9.08. The van der Waals surface area contributed by atoms with E-state index < -0.39 is 0 Å². The highest BCUT2D eigenvalue weighted by atomic mass is 16.3. The van der Waals surface area contributed by atoms with Crippen molar-refractivity contribution in [2.45, 2.75) is 45.8 Å². The third-order valence-electron chi connectivity index (χ3n) is 4.27. The van der Waals surface area contributed by atoms with Gasteiger partial charge in [0.05, 0.1) is 23.7 Å². The zero-order chi connectivity index (χ0) is 14.5. The Morgan fingerprint density at radius 1 is 1.45 bits per heavy atom. The number of hydrogen-bond acceptors (Lipinski definition) is 4. The molecule has 112 valence electrons. The number of aromatic nitrogens is 1. The molecule has 3 unspecified atom stereocenters. The third-order valence-corrected chi connectivity index (χ3v) is 4.27. The summed E-state index contributed by atoms with van der Waals surface area (Å²) in [4.78, 5) is 6.83. The van der Waals surface area contributed by atoms with Crippen LogP contribution in [0.5, 0.6) is 0 Å². The summed E-state index contributed by atoms with van der Waals surface area (Å²) in [5.74, 6) is 0.400. The Balaban J connectivity index is 2.04. The van der Waals surface area contributed by atoms with Gasteiger partial charge in [-0.1, -0.05) is 20.8 Å². The monoisotopic (exact) mass is 277 g/mol. The van der Waals surface area contributed by atoms with Gasteiger partial charge < -0.3 is 15.3 Å². The van der Waals surface area contributed by atoms with E-state index in [4.69, 9.17) is 0 Å². The minimum atomic E-state index is -0.228. The van der Waals surface area contributed by atoms with E-state index in [0.717, 1.165) is 37.3 Å². The second kappa shape index (κ2) is 7.04. The number of nitrogens with zero attached hydrogens (tertiary/aromatic N) is 2. The molecule has 1 aromatic heterocycles. The number of anilines is 1. The summed E-state index contributed by atoms with van der Waals surface area (Å²) in [7, 11) is 0. The quantitative estimate of drug-likeness (QED) is 0.867. The molecule has 2 rings (SSSR count). The van der Waals surface area contributed by atoms with Gasteiger partial charge in [0.1, 0.15) is 0 Å². The summed E-state index contributed by atoms with van der Waals surface area (Å²) in [5.41, 5.74) is 2.22. The molecule has 1 aliphatic rings. The Labute approximate surface area is 122 Å². The molecule has 1 aliphatic heterocycles. The summed E-state index contributed by atoms with van der Waals surface area (Å²) < 4.78 is 0. The highest BCUT2D eigenvalue weighted by Gasteiger charge is 2.24. The van der Waals surface area contributed by atoms with Gasteiger partial charge in [0.15, 0.2) is 0 Å². The van der Waals surface area contributed by atoms with Crippen LogP contribution >= 0.6 is 0 Å². The van der Waals surface area contributed by atoms with Crippen LogP contribution in [0.25, 0.3) is 0 Å². The predicted molar refractivity (Wildman–Crippen MR) is 82.9 cm³/mol. The lowest BCUT2D eigenvalue weighted by Crippen LogP contribution is -2.42. The molecular formula is C16H27N3O. The molecule has 0 amide bonds. The smallest absolute Gasteiger partial charge is 0.0741 e. The van der Waals surface area contributed by atoms with Gasteiger partial charge in [-0.15, -0.1) is 0 Å². The van der Waals surface area contributed by atoms with E-state index >= 15 is 0 Å². The van der Waals surface area contributed by atoms with Crippen molar-refractivity contribution >= 4 is 5.69 Å². The topological polar surface area (TPSA) is 48.4 Å². The van der Waals surface area contributed by atoms with Gasteiger partial charge in [-0.3, -0.25) is 4.98 Å². The predicted octanol–water partition coefficient (Wildman–Crippen LogP) is 2.35. The van der Waals surface area contributed by atoms with Crippen LogP contribution < -0.4 is 10.2 Å². The SMILES string of the molecule is CCNC(CC)c1ccc(N2CCC(C)C(O)C2)cn1. The maximum absolute atomic E-state index is 9.99. The van der Waals surface area contributed by atoms with Crippen molar-refractivity contribution in [1.82, 2.24) is 10.3 Å². The molecule has 3 atom stereocenters. The lowest BCUT2D eigenvalue weighted by atomic mass is 9.96. The number of aliphatic hydroxyl groups is 1. The molecule has 0 spiro atoms. The van der Waals surface area contributed by atoms with Crippen LogP contribution in [-0.2, 0) is 0 Å². The van der Waals surface area contributed by atoms with E-state index in [1.165, 1.54) is 0 Å². The standard InChI is InChI=1S/C16H27N3O/c1-4-14(17-5-2)15-7-6-13(10-18-15)19-9-8-12(3)16(20)11-19/h6-7,10,12,14,16-17,20H,4-5,8-9,11H2,1-3H3. The summed E-state index contributed by atoms with van der Waals surface area (Å²) in [6, 6.07) is 4.57. The number of aliphatic hydroxyl groups excluding tert-OH is 1. The maximum Gasteiger partial charge on any atom is 0.0741 e. The first kappa shape index (κ1) is 15.3. The Morgan fingerprint density at radius 2 is 2.25 bits per heavy atom. The van der Waals surface area contributed by atoms with Crippen LogP contribution in [-0.4, -0.2) is 35.8 Å². The Morgan fingerprint density at radius 3 is 2.80 bits per heavy atom. The van der Waals surface area contributed by atoms with Gasteiger partial charge in [0, 0.05) is 19.1 Å². The molecule has 0 bridgehead atoms.